The van der Waals surface area contributed by atoms with Crippen molar-refractivity contribution in [3.63, 3.8) is 0 Å². The number of carbonyl (C=O) groups excluding carboxylic acids is 1. The fourth-order valence-electron chi connectivity index (χ4n) is 2.03. The number of rotatable bonds is 8. The predicted octanol–water partition coefficient (Wildman–Crippen LogP) is 3.51. The molecule has 5 nitrogen and oxygen atoms in total. The third-order valence-electron chi connectivity index (χ3n) is 3.12. The predicted molar refractivity (Wildman–Crippen MR) is 90.6 cm³/mol. The van der Waals surface area contributed by atoms with E-state index >= 15 is 0 Å². The van der Waals surface area contributed by atoms with Crippen molar-refractivity contribution in [1.29, 1.82) is 0 Å². The number of aliphatic hydroxyl groups excluding tert-OH is 1. The summed E-state index contributed by atoms with van der Waals surface area (Å²) in [6.45, 7) is 7.70. The molecule has 0 aliphatic heterocycles. The molecule has 1 rings (SSSR count). The zero-order valence-corrected chi connectivity index (χ0v) is 14.5. The minimum absolute atomic E-state index is 0.00657. The third kappa shape index (κ3) is 9.79. The van der Waals surface area contributed by atoms with Gasteiger partial charge in [-0.3, -0.25) is 0 Å². The van der Waals surface area contributed by atoms with Crippen molar-refractivity contribution in [1.82, 2.24) is 5.32 Å². The quantitative estimate of drug-likeness (QED) is 0.768. The van der Waals surface area contributed by atoms with Gasteiger partial charge in [-0.05, 0) is 59.1 Å². The first-order valence-corrected chi connectivity index (χ1v) is 8.11. The van der Waals surface area contributed by atoms with E-state index in [0.29, 0.717) is 6.42 Å². The summed E-state index contributed by atoms with van der Waals surface area (Å²) < 4.78 is 10.7. The number of benzene rings is 1. The van der Waals surface area contributed by atoms with Crippen LogP contribution in [0.3, 0.4) is 0 Å². The number of hydrogen-bond acceptors (Lipinski definition) is 4. The number of para-hydroxylation sites is 1. The second-order valence-corrected chi connectivity index (χ2v) is 6.76. The normalized spacial score (nSPS) is 14.0. The Morgan fingerprint density at radius 3 is 2.48 bits per heavy atom. The maximum atomic E-state index is 11.6. The molecule has 0 aromatic heterocycles. The molecule has 5 heteroatoms. The molecule has 0 fully saturated rings. The van der Waals surface area contributed by atoms with Crippen molar-refractivity contribution in [2.24, 2.45) is 0 Å². The second kappa shape index (κ2) is 9.40. The molecule has 2 N–H and O–H groups in total. The van der Waals surface area contributed by atoms with Gasteiger partial charge in [0.2, 0.25) is 0 Å². The van der Waals surface area contributed by atoms with Crippen molar-refractivity contribution in [3.05, 3.63) is 30.3 Å². The van der Waals surface area contributed by atoms with Gasteiger partial charge < -0.3 is 19.9 Å². The van der Waals surface area contributed by atoms with Crippen molar-refractivity contribution >= 4 is 6.09 Å². The van der Waals surface area contributed by atoms with Crippen molar-refractivity contribution in [2.45, 2.75) is 64.7 Å². The van der Waals surface area contributed by atoms with E-state index < -0.39 is 17.8 Å². The standard InChI is InChI=1S/C18H29NO4/c1-14(19-17(21)23-18(2,3)4)9-8-10-15(20)13-22-16-11-6-5-7-12-16/h5-7,11-12,14-15,20H,8-10,13H2,1-4H3,(H,19,21)/t14-,15?/m1/s1. The van der Waals surface area contributed by atoms with E-state index in [1.807, 2.05) is 58.0 Å². The molecule has 0 bridgehead atoms. The van der Waals surface area contributed by atoms with Gasteiger partial charge in [-0.15, -0.1) is 0 Å². The van der Waals surface area contributed by atoms with Gasteiger partial charge >= 0.3 is 6.09 Å². The van der Waals surface area contributed by atoms with Crippen LogP contribution in [0, 0.1) is 0 Å². The van der Waals surface area contributed by atoms with E-state index in [1.54, 1.807) is 0 Å². The highest BCUT2D eigenvalue weighted by molar-refractivity contribution is 5.67. The Hall–Kier alpha value is -1.75. The Kier molecular flexibility index (Phi) is 7.89. The fraction of sp³-hybridized carbons (Fsp3) is 0.611. The molecular formula is C18H29NO4. The van der Waals surface area contributed by atoms with Crippen LogP contribution in [0.2, 0.25) is 0 Å². The van der Waals surface area contributed by atoms with Crippen LogP contribution >= 0.6 is 0 Å². The van der Waals surface area contributed by atoms with Gasteiger partial charge in [0, 0.05) is 6.04 Å². The van der Waals surface area contributed by atoms with Crippen LogP contribution in [0.1, 0.15) is 47.0 Å². The lowest BCUT2D eigenvalue weighted by Gasteiger charge is -2.22. The zero-order valence-electron chi connectivity index (χ0n) is 14.5. The molecule has 1 unspecified atom stereocenters. The minimum Gasteiger partial charge on any atom is -0.491 e. The third-order valence-corrected chi connectivity index (χ3v) is 3.12. The van der Waals surface area contributed by atoms with Gasteiger partial charge in [0.15, 0.2) is 0 Å². The number of carbonyl (C=O) groups is 1. The van der Waals surface area contributed by atoms with Crippen molar-refractivity contribution < 1.29 is 19.4 Å². The number of nitrogens with one attached hydrogen (secondary N) is 1. The average molecular weight is 323 g/mol. The van der Waals surface area contributed by atoms with Crippen molar-refractivity contribution in [3.8, 4) is 5.75 Å². The highest BCUT2D eigenvalue weighted by Crippen LogP contribution is 2.11. The lowest BCUT2D eigenvalue weighted by Crippen LogP contribution is -2.37. The molecule has 0 spiro atoms. The lowest BCUT2D eigenvalue weighted by molar-refractivity contribution is 0.0503. The number of amides is 1. The molecule has 1 aromatic carbocycles. The Morgan fingerprint density at radius 1 is 1.22 bits per heavy atom. The van der Waals surface area contributed by atoms with Gasteiger partial charge in [-0.1, -0.05) is 18.2 Å². The van der Waals surface area contributed by atoms with E-state index in [0.717, 1.165) is 18.6 Å². The monoisotopic (exact) mass is 323 g/mol. The molecule has 0 aliphatic carbocycles. The zero-order chi connectivity index (χ0) is 17.3. The number of hydrogen-bond donors (Lipinski definition) is 2. The molecule has 1 aromatic rings. The Morgan fingerprint density at radius 2 is 1.87 bits per heavy atom. The number of alkyl carbamates (subject to hydrolysis) is 1. The summed E-state index contributed by atoms with van der Waals surface area (Å²) in [5.74, 6) is 0.756. The van der Waals surface area contributed by atoms with Gasteiger partial charge in [-0.2, -0.15) is 0 Å². The molecule has 0 radical (unpaired) electrons. The number of ether oxygens (including phenoxy) is 2. The van der Waals surface area contributed by atoms with E-state index in [1.165, 1.54) is 0 Å². The topological polar surface area (TPSA) is 67.8 Å². The maximum Gasteiger partial charge on any atom is 0.407 e. The first-order valence-electron chi connectivity index (χ1n) is 8.11. The molecule has 2 atom stereocenters. The second-order valence-electron chi connectivity index (χ2n) is 6.76. The Bertz CT molecular complexity index is 456. The van der Waals surface area contributed by atoms with Gasteiger partial charge in [-0.25, -0.2) is 4.79 Å². The summed E-state index contributed by atoms with van der Waals surface area (Å²) in [4.78, 5) is 11.6. The first kappa shape index (κ1) is 19.3. The largest absolute Gasteiger partial charge is 0.491 e. The molecule has 1 amide bonds. The maximum absolute atomic E-state index is 11.6. The van der Waals surface area contributed by atoms with Crippen LogP contribution in [0.25, 0.3) is 0 Å². The summed E-state index contributed by atoms with van der Waals surface area (Å²) in [6, 6.07) is 9.44. The van der Waals surface area contributed by atoms with Crippen LogP contribution < -0.4 is 10.1 Å². The molecule has 0 heterocycles. The molecule has 130 valence electrons. The van der Waals surface area contributed by atoms with Gasteiger partial charge in [0.1, 0.15) is 18.0 Å². The Balaban J connectivity index is 2.14. The minimum atomic E-state index is -0.510. The highest BCUT2D eigenvalue weighted by atomic mass is 16.6. The Labute approximate surface area is 139 Å². The van der Waals surface area contributed by atoms with E-state index in [4.69, 9.17) is 9.47 Å². The van der Waals surface area contributed by atoms with E-state index in [9.17, 15) is 9.90 Å². The summed E-state index contributed by atoms with van der Waals surface area (Å²) in [6.07, 6.45) is 1.30. The van der Waals surface area contributed by atoms with Crippen molar-refractivity contribution in [2.75, 3.05) is 6.61 Å². The molecule has 0 saturated carbocycles. The summed E-state index contributed by atoms with van der Waals surface area (Å²) in [5.41, 5.74) is -0.491. The molecular weight excluding hydrogens is 294 g/mol. The van der Waals surface area contributed by atoms with Crippen LogP contribution in [0.5, 0.6) is 5.75 Å². The number of aliphatic hydroxyl groups is 1. The van der Waals surface area contributed by atoms with Crippen LogP contribution in [-0.4, -0.2) is 35.6 Å². The molecule has 0 saturated heterocycles. The SMILES string of the molecule is C[C@H](CCCC(O)COc1ccccc1)NC(=O)OC(C)(C)C. The summed E-state index contributed by atoms with van der Waals surface area (Å²) in [5, 5.41) is 12.7. The highest BCUT2D eigenvalue weighted by Gasteiger charge is 2.17. The fourth-order valence-corrected chi connectivity index (χ4v) is 2.03. The summed E-state index contributed by atoms with van der Waals surface area (Å²) in [7, 11) is 0. The van der Waals surface area contributed by atoms with Crippen LogP contribution in [0.15, 0.2) is 30.3 Å². The molecule has 23 heavy (non-hydrogen) atoms. The smallest absolute Gasteiger partial charge is 0.407 e. The summed E-state index contributed by atoms with van der Waals surface area (Å²) >= 11 is 0. The van der Waals surface area contributed by atoms with Gasteiger partial charge in [0.05, 0.1) is 6.10 Å². The van der Waals surface area contributed by atoms with Crippen LogP contribution in [0.4, 0.5) is 4.79 Å². The van der Waals surface area contributed by atoms with Gasteiger partial charge in [0.25, 0.3) is 0 Å². The van der Waals surface area contributed by atoms with E-state index in [-0.39, 0.29) is 12.6 Å². The van der Waals surface area contributed by atoms with Crippen LogP contribution in [-0.2, 0) is 4.74 Å². The first-order chi connectivity index (χ1) is 10.8. The lowest BCUT2D eigenvalue weighted by atomic mass is 10.1. The average Bonchev–Trinajstić information content (AvgIpc) is 2.44. The molecule has 0 aliphatic rings. The van der Waals surface area contributed by atoms with E-state index in [2.05, 4.69) is 5.32 Å².